The van der Waals surface area contributed by atoms with Crippen molar-refractivity contribution in [2.24, 2.45) is 11.8 Å². The van der Waals surface area contributed by atoms with E-state index in [9.17, 15) is 9.59 Å². The summed E-state index contributed by atoms with van der Waals surface area (Å²) in [6.45, 7) is 0. The van der Waals surface area contributed by atoms with Gasteiger partial charge in [-0.1, -0.05) is 48.5 Å². The number of benzene rings is 2. The van der Waals surface area contributed by atoms with E-state index in [1.807, 2.05) is 54.6 Å². The van der Waals surface area contributed by atoms with E-state index < -0.39 is 17.8 Å². The molecule has 118 valence electrons. The minimum Gasteiger partial charge on any atom is -0.481 e. The van der Waals surface area contributed by atoms with Gasteiger partial charge in [-0.3, -0.25) is 9.59 Å². The van der Waals surface area contributed by atoms with Crippen molar-refractivity contribution in [2.45, 2.75) is 19.3 Å². The highest BCUT2D eigenvalue weighted by molar-refractivity contribution is 5.96. The van der Waals surface area contributed by atoms with Gasteiger partial charge in [0.05, 0.1) is 11.8 Å². The van der Waals surface area contributed by atoms with Crippen molar-refractivity contribution < 1.29 is 14.7 Å². The Labute approximate surface area is 135 Å². The van der Waals surface area contributed by atoms with E-state index in [0.29, 0.717) is 12.8 Å². The molecule has 1 aliphatic rings. The van der Waals surface area contributed by atoms with Gasteiger partial charge in [0.15, 0.2) is 0 Å². The lowest BCUT2D eigenvalue weighted by Crippen LogP contribution is -2.41. The molecule has 4 heteroatoms. The summed E-state index contributed by atoms with van der Waals surface area (Å²) in [5.74, 6) is -2.04. The molecule has 0 radical (unpaired) electrons. The van der Waals surface area contributed by atoms with Crippen molar-refractivity contribution in [3.8, 4) is 0 Å². The summed E-state index contributed by atoms with van der Waals surface area (Å²) in [4.78, 5) is 23.4. The van der Waals surface area contributed by atoms with Crippen LogP contribution in [0.2, 0.25) is 0 Å². The maximum absolute atomic E-state index is 12.3. The minimum absolute atomic E-state index is 0.191. The molecule has 2 atom stereocenters. The number of aliphatic carboxylic acids is 1. The standard InChI is InChI=1S/C19H19NO3/c21-18(15-10-11-16(15)19(22)23)20-17-9-5-4-8-14(17)12-13-6-2-1-3-7-13/h1-9,15-16H,10-12H2,(H,20,21)(H,22,23). The molecule has 0 spiro atoms. The molecular formula is C19H19NO3. The Morgan fingerprint density at radius 3 is 2.26 bits per heavy atom. The first kappa shape index (κ1) is 15.3. The SMILES string of the molecule is O=C(O)C1CCC1C(=O)Nc1ccccc1Cc1ccccc1. The van der Waals surface area contributed by atoms with Crippen LogP contribution < -0.4 is 5.32 Å². The number of hydrogen-bond acceptors (Lipinski definition) is 2. The van der Waals surface area contributed by atoms with Crippen LogP contribution in [0.1, 0.15) is 24.0 Å². The number of nitrogens with one attached hydrogen (secondary N) is 1. The van der Waals surface area contributed by atoms with Crippen molar-refractivity contribution >= 4 is 17.6 Å². The molecule has 0 heterocycles. The van der Waals surface area contributed by atoms with Crippen molar-refractivity contribution in [3.63, 3.8) is 0 Å². The van der Waals surface area contributed by atoms with Gasteiger partial charge < -0.3 is 10.4 Å². The van der Waals surface area contributed by atoms with E-state index in [1.165, 1.54) is 5.56 Å². The van der Waals surface area contributed by atoms with E-state index in [1.54, 1.807) is 0 Å². The van der Waals surface area contributed by atoms with Gasteiger partial charge >= 0.3 is 5.97 Å². The second-order valence-electron chi connectivity index (χ2n) is 5.94. The topological polar surface area (TPSA) is 66.4 Å². The Morgan fingerprint density at radius 1 is 0.957 bits per heavy atom. The van der Waals surface area contributed by atoms with Gasteiger partial charge in [0, 0.05) is 5.69 Å². The lowest BCUT2D eigenvalue weighted by atomic mass is 9.73. The third-order valence-corrected chi connectivity index (χ3v) is 4.44. The van der Waals surface area contributed by atoms with E-state index in [-0.39, 0.29) is 5.91 Å². The highest BCUT2D eigenvalue weighted by atomic mass is 16.4. The third-order valence-electron chi connectivity index (χ3n) is 4.44. The lowest BCUT2D eigenvalue weighted by molar-refractivity contribution is -0.151. The fraction of sp³-hybridized carbons (Fsp3) is 0.263. The fourth-order valence-corrected chi connectivity index (χ4v) is 2.95. The predicted molar refractivity (Wildman–Crippen MR) is 88.2 cm³/mol. The number of carbonyl (C=O) groups is 2. The molecule has 2 aromatic carbocycles. The highest BCUT2D eigenvalue weighted by Gasteiger charge is 2.41. The quantitative estimate of drug-likeness (QED) is 0.890. The van der Waals surface area contributed by atoms with Gasteiger partial charge in [0.25, 0.3) is 0 Å². The molecule has 1 amide bonds. The number of rotatable bonds is 5. The van der Waals surface area contributed by atoms with Crippen molar-refractivity contribution in [3.05, 3.63) is 65.7 Å². The number of para-hydroxylation sites is 1. The second kappa shape index (κ2) is 6.65. The summed E-state index contributed by atoms with van der Waals surface area (Å²) in [7, 11) is 0. The number of carboxylic acids is 1. The van der Waals surface area contributed by atoms with E-state index in [4.69, 9.17) is 5.11 Å². The molecule has 2 aromatic rings. The average Bonchev–Trinajstić information content (AvgIpc) is 2.48. The van der Waals surface area contributed by atoms with Crippen LogP contribution in [0.5, 0.6) is 0 Å². The molecule has 1 aliphatic carbocycles. The molecule has 1 fully saturated rings. The summed E-state index contributed by atoms with van der Waals surface area (Å²) in [6.07, 6.45) is 1.95. The van der Waals surface area contributed by atoms with Gasteiger partial charge in [-0.05, 0) is 36.5 Å². The lowest BCUT2D eigenvalue weighted by Gasteiger charge is -2.32. The van der Waals surface area contributed by atoms with Crippen molar-refractivity contribution in [1.29, 1.82) is 0 Å². The van der Waals surface area contributed by atoms with Crippen LogP contribution >= 0.6 is 0 Å². The molecule has 0 aromatic heterocycles. The monoisotopic (exact) mass is 309 g/mol. The molecule has 3 rings (SSSR count). The molecule has 2 N–H and O–H groups in total. The first-order valence-corrected chi connectivity index (χ1v) is 7.80. The maximum atomic E-state index is 12.3. The van der Waals surface area contributed by atoms with E-state index in [2.05, 4.69) is 5.32 Å². The van der Waals surface area contributed by atoms with Gasteiger partial charge in [-0.2, -0.15) is 0 Å². The summed E-state index contributed by atoms with van der Waals surface area (Å²) in [5.41, 5.74) is 2.96. The molecule has 0 saturated heterocycles. The normalized spacial score (nSPS) is 19.7. The van der Waals surface area contributed by atoms with Crippen LogP contribution in [0.15, 0.2) is 54.6 Å². The molecule has 0 aliphatic heterocycles. The van der Waals surface area contributed by atoms with Crippen molar-refractivity contribution in [1.82, 2.24) is 0 Å². The fourth-order valence-electron chi connectivity index (χ4n) is 2.95. The Hall–Kier alpha value is -2.62. The third kappa shape index (κ3) is 3.42. The molecule has 1 saturated carbocycles. The van der Waals surface area contributed by atoms with Crippen LogP contribution in [0.3, 0.4) is 0 Å². The van der Waals surface area contributed by atoms with Gasteiger partial charge in [0.2, 0.25) is 5.91 Å². The zero-order valence-electron chi connectivity index (χ0n) is 12.7. The number of amides is 1. The highest BCUT2D eigenvalue weighted by Crippen LogP contribution is 2.35. The van der Waals surface area contributed by atoms with E-state index in [0.717, 1.165) is 17.7 Å². The number of hydrogen-bond donors (Lipinski definition) is 2. The first-order chi connectivity index (χ1) is 11.1. The largest absolute Gasteiger partial charge is 0.481 e. The van der Waals surface area contributed by atoms with Crippen LogP contribution in [-0.4, -0.2) is 17.0 Å². The van der Waals surface area contributed by atoms with Gasteiger partial charge in [-0.15, -0.1) is 0 Å². The zero-order chi connectivity index (χ0) is 16.2. The van der Waals surface area contributed by atoms with Gasteiger partial charge in [-0.25, -0.2) is 0 Å². The first-order valence-electron chi connectivity index (χ1n) is 7.80. The Kier molecular flexibility index (Phi) is 4.42. The molecule has 2 unspecified atom stereocenters. The summed E-state index contributed by atoms with van der Waals surface area (Å²) in [5, 5.41) is 12.0. The number of carbonyl (C=O) groups excluding carboxylic acids is 1. The van der Waals surface area contributed by atoms with E-state index >= 15 is 0 Å². The summed E-state index contributed by atoms with van der Waals surface area (Å²) in [6, 6.07) is 17.7. The second-order valence-corrected chi connectivity index (χ2v) is 5.94. The van der Waals surface area contributed by atoms with Crippen LogP contribution in [0.25, 0.3) is 0 Å². The van der Waals surface area contributed by atoms with Crippen LogP contribution in [-0.2, 0) is 16.0 Å². The van der Waals surface area contributed by atoms with Crippen LogP contribution in [0.4, 0.5) is 5.69 Å². The molecule has 23 heavy (non-hydrogen) atoms. The predicted octanol–water partition coefficient (Wildman–Crippen LogP) is 3.33. The Morgan fingerprint density at radius 2 is 1.61 bits per heavy atom. The molecular weight excluding hydrogens is 290 g/mol. The summed E-state index contributed by atoms with van der Waals surface area (Å²) < 4.78 is 0. The number of carboxylic acid groups (broad SMARTS) is 1. The maximum Gasteiger partial charge on any atom is 0.307 e. The summed E-state index contributed by atoms with van der Waals surface area (Å²) >= 11 is 0. The van der Waals surface area contributed by atoms with Crippen molar-refractivity contribution in [2.75, 3.05) is 5.32 Å². The minimum atomic E-state index is -0.881. The average molecular weight is 309 g/mol. The molecule has 0 bridgehead atoms. The smallest absolute Gasteiger partial charge is 0.307 e. The molecule has 4 nitrogen and oxygen atoms in total. The zero-order valence-corrected chi connectivity index (χ0v) is 12.7. The van der Waals surface area contributed by atoms with Gasteiger partial charge in [0.1, 0.15) is 0 Å². The number of anilines is 1. The van der Waals surface area contributed by atoms with Crippen LogP contribution in [0, 0.1) is 11.8 Å². The Balaban J connectivity index is 1.73. The Bertz CT molecular complexity index is 712.